The molecule has 1 heterocycles. The monoisotopic (exact) mass is 355 g/mol. The summed E-state index contributed by atoms with van der Waals surface area (Å²) in [5.74, 6) is -1.37. The largest absolute Gasteiger partial charge is 0.349 e. The van der Waals surface area contributed by atoms with E-state index in [2.05, 4.69) is 26.1 Å². The van der Waals surface area contributed by atoms with Crippen LogP contribution in [-0.2, 0) is 19.2 Å². The zero-order chi connectivity index (χ0) is 18.5. The highest BCUT2D eigenvalue weighted by atomic mass is 32.2. The van der Waals surface area contributed by atoms with Crippen molar-refractivity contribution in [1.82, 2.24) is 5.32 Å². The molecule has 1 rings (SSSR count). The third-order valence-electron chi connectivity index (χ3n) is 4.09. The summed E-state index contributed by atoms with van der Waals surface area (Å²) in [4.78, 5) is 48.1. The molecule has 0 aromatic rings. The molecule has 1 saturated heterocycles. The highest BCUT2D eigenvalue weighted by Gasteiger charge is 2.34. The second kappa shape index (κ2) is 8.79. The zero-order valence-electron chi connectivity index (χ0n) is 15.3. The smallest absolute Gasteiger partial charge is 0.287 e. The second-order valence-electron chi connectivity index (χ2n) is 8.05. The number of carbonyl (C=O) groups is 4. The molecule has 0 aromatic heterocycles. The van der Waals surface area contributed by atoms with Crippen molar-refractivity contribution in [2.75, 3.05) is 12.3 Å². The fourth-order valence-electron chi connectivity index (χ4n) is 2.61. The Morgan fingerprint density at radius 1 is 1.25 bits per heavy atom. The maximum Gasteiger partial charge on any atom is 0.287 e. The maximum absolute atomic E-state index is 12.6. The molecule has 0 aromatic carbocycles. The molecule has 136 valence electrons. The number of amides is 1. The van der Waals surface area contributed by atoms with Crippen LogP contribution in [0.25, 0.3) is 0 Å². The van der Waals surface area contributed by atoms with Crippen molar-refractivity contribution in [3.63, 3.8) is 0 Å². The molecule has 0 spiro atoms. The molecular formula is C18H29NO4S. The number of hydrogen-bond acceptors (Lipinski definition) is 5. The van der Waals surface area contributed by atoms with Gasteiger partial charge < -0.3 is 5.32 Å². The molecule has 1 N–H and O–H groups in total. The topological polar surface area (TPSA) is 80.3 Å². The van der Waals surface area contributed by atoms with E-state index < -0.39 is 17.6 Å². The molecule has 2 atom stereocenters. The normalized spacial score (nSPS) is 20.0. The minimum absolute atomic E-state index is 0.0182. The minimum Gasteiger partial charge on any atom is -0.349 e. The lowest BCUT2D eigenvalue weighted by Gasteiger charge is -2.24. The predicted molar refractivity (Wildman–Crippen MR) is 95.6 cm³/mol. The number of piperidine rings is 1. The Morgan fingerprint density at radius 3 is 2.42 bits per heavy atom. The van der Waals surface area contributed by atoms with Gasteiger partial charge in [-0.3, -0.25) is 19.2 Å². The third-order valence-corrected chi connectivity index (χ3v) is 5.59. The molecule has 0 radical (unpaired) electrons. The maximum atomic E-state index is 12.6. The van der Waals surface area contributed by atoms with Gasteiger partial charge in [0.05, 0.1) is 0 Å². The fraction of sp³-hybridized carbons (Fsp3) is 0.778. The van der Waals surface area contributed by atoms with Gasteiger partial charge in [0.15, 0.2) is 5.12 Å². The van der Waals surface area contributed by atoms with E-state index in [0.29, 0.717) is 18.7 Å². The van der Waals surface area contributed by atoms with Crippen LogP contribution in [0.2, 0.25) is 0 Å². The summed E-state index contributed by atoms with van der Waals surface area (Å²) in [6, 6.07) is 0. The van der Waals surface area contributed by atoms with Gasteiger partial charge in [-0.15, -0.1) is 0 Å². The van der Waals surface area contributed by atoms with Crippen molar-refractivity contribution in [3.05, 3.63) is 0 Å². The van der Waals surface area contributed by atoms with E-state index in [4.69, 9.17) is 0 Å². The quantitative estimate of drug-likeness (QED) is 0.710. The summed E-state index contributed by atoms with van der Waals surface area (Å²) in [7, 11) is 0. The van der Waals surface area contributed by atoms with Gasteiger partial charge >= 0.3 is 0 Å². The number of nitrogens with one attached hydrogen (secondary N) is 1. The van der Waals surface area contributed by atoms with Gasteiger partial charge in [0.25, 0.3) is 5.91 Å². The standard InChI is InChI=1S/C18H29NO4S/c1-11(2)13(9-15(21)24-10-18(3,4)5)14(20)8-12-6-7-19-17(23)16(12)22/h11-13H,6-10H2,1-5H3,(H,19,23). The number of Topliss-reactive ketones (excluding diaryl/α,β-unsaturated/α-hetero) is 2. The van der Waals surface area contributed by atoms with E-state index >= 15 is 0 Å². The predicted octanol–water partition coefficient (Wildman–Crippen LogP) is 2.62. The Labute approximate surface area is 148 Å². The number of carbonyl (C=O) groups excluding carboxylic acids is 4. The van der Waals surface area contributed by atoms with Gasteiger partial charge in [-0.05, 0) is 17.8 Å². The van der Waals surface area contributed by atoms with Gasteiger partial charge in [-0.2, -0.15) is 0 Å². The van der Waals surface area contributed by atoms with Gasteiger partial charge in [0.1, 0.15) is 5.78 Å². The lowest BCUT2D eigenvalue weighted by atomic mass is 9.82. The fourth-order valence-corrected chi connectivity index (χ4v) is 3.50. The lowest BCUT2D eigenvalue weighted by Crippen LogP contribution is -2.43. The zero-order valence-corrected chi connectivity index (χ0v) is 16.1. The first-order valence-corrected chi connectivity index (χ1v) is 9.50. The van der Waals surface area contributed by atoms with Crippen LogP contribution in [0.3, 0.4) is 0 Å². The van der Waals surface area contributed by atoms with E-state index in [-0.39, 0.29) is 41.0 Å². The Bertz CT molecular complexity index is 508. The Morgan fingerprint density at radius 2 is 1.88 bits per heavy atom. The van der Waals surface area contributed by atoms with E-state index in [9.17, 15) is 19.2 Å². The first-order chi connectivity index (χ1) is 11.0. The van der Waals surface area contributed by atoms with Crippen molar-refractivity contribution in [2.45, 2.75) is 53.9 Å². The molecule has 5 nitrogen and oxygen atoms in total. The summed E-state index contributed by atoms with van der Waals surface area (Å²) < 4.78 is 0. The van der Waals surface area contributed by atoms with Crippen LogP contribution >= 0.6 is 11.8 Å². The molecule has 0 bridgehead atoms. The SMILES string of the molecule is CC(C)C(CC(=O)SCC(C)(C)C)C(=O)CC1CCNC(=O)C1=O. The lowest BCUT2D eigenvalue weighted by molar-refractivity contribution is -0.143. The Balaban J connectivity index is 2.63. The molecule has 1 aliphatic heterocycles. The van der Waals surface area contributed by atoms with E-state index in [0.717, 1.165) is 0 Å². The molecular weight excluding hydrogens is 326 g/mol. The molecule has 1 amide bonds. The first-order valence-electron chi connectivity index (χ1n) is 8.51. The molecule has 1 aliphatic rings. The minimum atomic E-state index is -0.600. The van der Waals surface area contributed by atoms with Crippen molar-refractivity contribution < 1.29 is 19.2 Å². The van der Waals surface area contributed by atoms with Crippen LogP contribution in [0.1, 0.15) is 53.9 Å². The highest BCUT2D eigenvalue weighted by Crippen LogP contribution is 2.27. The molecule has 6 heteroatoms. The number of rotatable bonds is 7. The summed E-state index contributed by atoms with van der Waals surface area (Å²) in [5.41, 5.74) is 0.0551. The van der Waals surface area contributed by atoms with Gasteiger partial charge in [-0.1, -0.05) is 46.4 Å². The summed E-state index contributed by atoms with van der Waals surface area (Å²) >= 11 is 1.27. The number of ketones is 2. The van der Waals surface area contributed by atoms with Crippen LogP contribution < -0.4 is 5.32 Å². The molecule has 1 fully saturated rings. The average Bonchev–Trinajstić information content (AvgIpc) is 2.46. The Kier molecular flexibility index (Phi) is 7.64. The third kappa shape index (κ3) is 6.75. The molecule has 0 saturated carbocycles. The van der Waals surface area contributed by atoms with Crippen LogP contribution in [0.5, 0.6) is 0 Å². The summed E-state index contributed by atoms with van der Waals surface area (Å²) in [5, 5.41) is 2.51. The number of hydrogen-bond donors (Lipinski definition) is 1. The molecule has 0 aliphatic carbocycles. The van der Waals surface area contributed by atoms with Gasteiger partial charge in [-0.25, -0.2) is 0 Å². The first kappa shape index (κ1) is 20.9. The Hall–Kier alpha value is -1.17. The van der Waals surface area contributed by atoms with Crippen LogP contribution in [0, 0.1) is 23.2 Å². The molecule has 2 unspecified atom stereocenters. The average molecular weight is 356 g/mol. The van der Waals surface area contributed by atoms with Crippen molar-refractivity contribution >= 4 is 34.4 Å². The number of thioether (sulfide) groups is 1. The van der Waals surface area contributed by atoms with Gasteiger partial charge in [0.2, 0.25) is 5.78 Å². The molecule has 24 heavy (non-hydrogen) atoms. The van der Waals surface area contributed by atoms with E-state index in [1.165, 1.54) is 11.8 Å². The van der Waals surface area contributed by atoms with Crippen molar-refractivity contribution in [2.24, 2.45) is 23.2 Å². The van der Waals surface area contributed by atoms with Crippen LogP contribution in [0.15, 0.2) is 0 Å². The second-order valence-corrected chi connectivity index (χ2v) is 9.08. The van der Waals surface area contributed by atoms with Crippen LogP contribution in [0.4, 0.5) is 0 Å². The van der Waals surface area contributed by atoms with Gasteiger partial charge in [0, 0.05) is 37.0 Å². The summed E-state index contributed by atoms with van der Waals surface area (Å²) in [6.45, 7) is 10.5. The highest BCUT2D eigenvalue weighted by molar-refractivity contribution is 8.13. The van der Waals surface area contributed by atoms with Crippen molar-refractivity contribution in [3.8, 4) is 0 Å². The summed E-state index contributed by atoms with van der Waals surface area (Å²) in [6.07, 6.45) is 0.754. The van der Waals surface area contributed by atoms with E-state index in [1.54, 1.807) is 0 Å². The van der Waals surface area contributed by atoms with E-state index in [1.807, 2.05) is 13.8 Å². The van der Waals surface area contributed by atoms with Crippen LogP contribution in [-0.4, -0.2) is 34.9 Å². The van der Waals surface area contributed by atoms with Crippen molar-refractivity contribution in [1.29, 1.82) is 0 Å².